The number of amides is 2. The van der Waals surface area contributed by atoms with E-state index in [0.717, 1.165) is 29.8 Å². The number of fused-ring (bicyclic) bond motifs is 4. The quantitative estimate of drug-likeness (QED) is 0.137. The first-order valence-corrected chi connectivity index (χ1v) is 9.07. The Kier molecular flexibility index (Phi) is 6.32. The maximum Gasteiger partial charge on any atom is 0.315 e. The minimum absolute atomic E-state index is 0.0131. The third kappa shape index (κ3) is 5.00. The molecule has 10 heteroatoms. The van der Waals surface area contributed by atoms with Crippen molar-refractivity contribution in [2.24, 2.45) is 10.3 Å². The number of nitrogens with two attached hydrogens (primary N) is 1. The van der Waals surface area contributed by atoms with Crippen molar-refractivity contribution in [2.45, 2.75) is 38.1 Å². The molecule has 2 amide bonds. The van der Waals surface area contributed by atoms with E-state index in [-0.39, 0.29) is 30.6 Å². The van der Waals surface area contributed by atoms with Crippen molar-refractivity contribution < 1.29 is 20.1 Å². The number of quaternary nitrogens is 1. The Hall–Kier alpha value is -2.56. The van der Waals surface area contributed by atoms with Gasteiger partial charge in [-0.05, 0) is 24.6 Å². The van der Waals surface area contributed by atoms with Gasteiger partial charge in [-0.15, -0.1) is 0 Å². The highest BCUT2D eigenvalue weighted by Crippen LogP contribution is 2.39. The Bertz CT molecular complexity index is 724. The fourth-order valence-electron chi connectivity index (χ4n) is 3.11. The summed E-state index contributed by atoms with van der Waals surface area (Å²) < 4.78 is 5.74. The minimum atomic E-state index is -0.488. The minimum Gasteiger partial charge on any atom is -0.389 e. The van der Waals surface area contributed by atoms with Crippen molar-refractivity contribution >= 4 is 17.6 Å². The lowest BCUT2D eigenvalue weighted by atomic mass is 9.89. The second-order valence-corrected chi connectivity index (χ2v) is 6.59. The summed E-state index contributed by atoms with van der Waals surface area (Å²) in [7, 11) is 0. The zero-order chi connectivity index (χ0) is 19.2. The van der Waals surface area contributed by atoms with Crippen molar-refractivity contribution in [1.29, 1.82) is 5.41 Å². The molecule has 0 aromatic heterocycles. The molecule has 27 heavy (non-hydrogen) atoms. The van der Waals surface area contributed by atoms with E-state index in [1.807, 2.05) is 25.1 Å². The number of hydrogen-bond acceptors (Lipinski definition) is 6. The number of benzene rings is 1. The smallest absolute Gasteiger partial charge is 0.315 e. The van der Waals surface area contributed by atoms with E-state index in [9.17, 15) is 9.90 Å². The van der Waals surface area contributed by atoms with Crippen LogP contribution in [0.1, 0.15) is 30.6 Å². The molecule has 1 aromatic rings. The van der Waals surface area contributed by atoms with Gasteiger partial charge in [0.15, 0.2) is 5.84 Å². The number of aliphatic hydroxyl groups is 1. The number of nitrogens with zero attached hydrogens (tertiary/aromatic N) is 2. The summed E-state index contributed by atoms with van der Waals surface area (Å²) in [5.74, 6) is -0.0131. The summed E-state index contributed by atoms with van der Waals surface area (Å²) in [5, 5.41) is 33.6. The number of anilines is 1. The summed E-state index contributed by atoms with van der Waals surface area (Å²) in [6.07, 6.45) is 0.212. The molecule has 1 aromatic carbocycles. The summed E-state index contributed by atoms with van der Waals surface area (Å²) in [5.41, 5.74) is 4.56. The molecule has 2 bridgehead atoms. The van der Waals surface area contributed by atoms with Gasteiger partial charge in [0, 0.05) is 29.4 Å². The number of carbonyl (C=O) groups is 1. The van der Waals surface area contributed by atoms with Gasteiger partial charge >= 0.3 is 6.03 Å². The van der Waals surface area contributed by atoms with E-state index < -0.39 is 6.10 Å². The average Bonchev–Trinajstić information content (AvgIpc) is 2.68. The van der Waals surface area contributed by atoms with Crippen molar-refractivity contribution in [3.05, 3.63) is 29.3 Å². The van der Waals surface area contributed by atoms with Gasteiger partial charge in [0.1, 0.15) is 0 Å². The van der Waals surface area contributed by atoms with Gasteiger partial charge in [-0.2, -0.15) is 0 Å². The fraction of sp³-hybridized carbons (Fsp3) is 0.529. The summed E-state index contributed by atoms with van der Waals surface area (Å²) >= 11 is 0. The second kappa shape index (κ2) is 8.89. The maximum absolute atomic E-state index is 11.9. The first-order valence-electron chi connectivity index (χ1n) is 9.07. The zero-order valence-electron chi connectivity index (χ0n) is 15.2. The Morgan fingerprint density at radius 1 is 1.48 bits per heavy atom. The summed E-state index contributed by atoms with van der Waals surface area (Å²) in [4.78, 5) is 11.9. The largest absolute Gasteiger partial charge is 0.389 e. The van der Waals surface area contributed by atoms with E-state index >= 15 is 0 Å². The molecule has 2 aliphatic rings. The molecule has 1 fully saturated rings. The normalized spacial score (nSPS) is 23.4. The fourth-order valence-corrected chi connectivity index (χ4v) is 3.11. The van der Waals surface area contributed by atoms with Crippen LogP contribution in [0.15, 0.2) is 28.5 Å². The Balaban J connectivity index is 1.49. The van der Waals surface area contributed by atoms with Gasteiger partial charge in [0.05, 0.1) is 37.9 Å². The SMILES string of the molecule is CC[NH2+]N=NC(=N)CNC(=O)NCc1ccc2c(c1)C1C[C@H](N2)[C@H](O)CO1. The van der Waals surface area contributed by atoms with E-state index in [0.29, 0.717) is 13.2 Å². The van der Waals surface area contributed by atoms with Gasteiger partial charge < -0.3 is 25.8 Å². The highest BCUT2D eigenvalue weighted by atomic mass is 16.5. The van der Waals surface area contributed by atoms with Crippen LogP contribution in [0.2, 0.25) is 0 Å². The van der Waals surface area contributed by atoms with E-state index in [1.54, 1.807) is 5.43 Å². The number of ether oxygens (including phenoxy) is 1. The van der Waals surface area contributed by atoms with Crippen LogP contribution in [0, 0.1) is 5.41 Å². The van der Waals surface area contributed by atoms with E-state index in [4.69, 9.17) is 10.1 Å². The second-order valence-electron chi connectivity index (χ2n) is 6.59. The van der Waals surface area contributed by atoms with Gasteiger partial charge in [-0.1, -0.05) is 11.2 Å². The number of carbonyl (C=O) groups excluding carboxylic acids is 1. The molecule has 10 nitrogen and oxygen atoms in total. The first-order chi connectivity index (χ1) is 13.1. The monoisotopic (exact) mass is 376 g/mol. The van der Waals surface area contributed by atoms with Crippen molar-refractivity contribution in [3.8, 4) is 0 Å². The maximum atomic E-state index is 11.9. The molecule has 0 saturated carbocycles. The van der Waals surface area contributed by atoms with Crippen LogP contribution < -0.4 is 21.4 Å². The predicted molar refractivity (Wildman–Crippen MR) is 98.5 cm³/mol. The predicted octanol–water partition coefficient (Wildman–Crippen LogP) is 0.0300. The molecule has 0 aliphatic carbocycles. The van der Waals surface area contributed by atoms with Crippen molar-refractivity contribution in [2.75, 3.05) is 25.0 Å². The van der Waals surface area contributed by atoms with Crippen LogP contribution in [-0.2, 0) is 11.3 Å². The number of rotatable bonds is 6. The number of urea groups is 1. The number of aliphatic hydroxyl groups excluding tert-OH is 1. The topological polar surface area (TPSA) is 148 Å². The van der Waals surface area contributed by atoms with E-state index in [1.165, 1.54) is 0 Å². The van der Waals surface area contributed by atoms with Gasteiger partial charge in [-0.25, -0.2) is 10.2 Å². The lowest BCUT2D eigenvalue weighted by molar-refractivity contribution is -0.664. The van der Waals surface area contributed by atoms with Crippen LogP contribution in [0.5, 0.6) is 0 Å². The standard InChI is InChI=1S/C17H25N7O3/c1-2-21-24-23-16(18)8-20-17(26)19-7-10-3-4-12-11(5-10)15-6-13(22-12)14(25)9-27-15/h3-5,13-15,22,25H,2,6-9H2,1H3,(H2,18,21,23)(H2,19,20,26)/p+1/t13-,14+,15?/m0/s1. The Labute approximate surface area is 157 Å². The molecule has 2 aliphatic heterocycles. The van der Waals surface area contributed by atoms with Crippen LogP contribution in [0.25, 0.3) is 0 Å². The molecule has 146 valence electrons. The molecule has 3 rings (SSSR count). The Morgan fingerprint density at radius 3 is 3.15 bits per heavy atom. The van der Waals surface area contributed by atoms with Crippen LogP contribution >= 0.6 is 0 Å². The van der Waals surface area contributed by atoms with Crippen molar-refractivity contribution in [1.82, 2.24) is 10.6 Å². The molecule has 0 spiro atoms. The van der Waals surface area contributed by atoms with Crippen molar-refractivity contribution in [3.63, 3.8) is 0 Å². The third-order valence-corrected chi connectivity index (χ3v) is 4.52. The molecule has 2 heterocycles. The lowest BCUT2D eigenvalue weighted by Gasteiger charge is -2.40. The zero-order valence-corrected chi connectivity index (χ0v) is 15.2. The number of amidine groups is 1. The Morgan fingerprint density at radius 2 is 2.33 bits per heavy atom. The molecule has 0 radical (unpaired) electrons. The molecule has 1 saturated heterocycles. The number of nitrogens with one attached hydrogen (secondary N) is 4. The molecule has 3 atom stereocenters. The average molecular weight is 376 g/mol. The van der Waals surface area contributed by atoms with E-state index in [2.05, 4.69) is 26.3 Å². The molecular formula is C17H26N7O3+. The van der Waals surface area contributed by atoms with Crippen LogP contribution in [0.4, 0.5) is 10.5 Å². The summed E-state index contributed by atoms with van der Waals surface area (Å²) in [6.45, 7) is 3.37. The molecule has 7 N–H and O–H groups in total. The molecular weight excluding hydrogens is 350 g/mol. The lowest BCUT2D eigenvalue weighted by Crippen LogP contribution is -2.77. The highest BCUT2D eigenvalue weighted by molar-refractivity contribution is 5.85. The molecule has 1 unspecified atom stereocenters. The highest BCUT2D eigenvalue weighted by Gasteiger charge is 2.36. The first kappa shape index (κ1) is 19.2. The van der Waals surface area contributed by atoms with Crippen LogP contribution in [0.3, 0.4) is 0 Å². The van der Waals surface area contributed by atoms with Gasteiger partial charge in [-0.3, -0.25) is 5.41 Å². The third-order valence-electron chi connectivity index (χ3n) is 4.52. The van der Waals surface area contributed by atoms with Crippen LogP contribution in [-0.4, -0.2) is 48.8 Å². The van der Waals surface area contributed by atoms with Gasteiger partial charge in [0.2, 0.25) is 0 Å². The van der Waals surface area contributed by atoms with Gasteiger partial charge in [0.25, 0.3) is 0 Å². The summed E-state index contributed by atoms with van der Waals surface area (Å²) in [6, 6.07) is 5.54. The number of hydrogen-bond donors (Lipinski definition) is 6.